The summed E-state index contributed by atoms with van der Waals surface area (Å²) in [5.74, 6) is 0. The number of nitrogens with zero attached hydrogens (tertiary/aromatic N) is 1. The van der Waals surface area contributed by atoms with Crippen molar-refractivity contribution in [3.8, 4) is 0 Å². The third-order valence-electron chi connectivity index (χ3n) is 3.59. The normalized spacial score (nSPS) is 15.2. The van der Waals surface area contributed by atoms with Crippen LogP contribution in [0.3, 0.4) is 0 Å². The molecule has 0 aliphatic rings. The van der Waals surface area contributed by atoms with Crippen LogP contribution >= 0.6 is 15.9 Å². The lowest BCUT2D eigenvalue weighted by Gasteiger charge is -2.23. The molecule has 0 saturated carbocycles. The number of halogens is 1. The molecule has 0 radical (unpaired) electrons. The van der Waals surface area contributed by atoms with Gasteiger partial charge in [-0.3, -0.25) is 4.03 Å². The Balaban J connectivity index is 3.27. The molecule has 2 nitrogen and oxygen atoms in total. The van der Waals surface area contributed by atoms with Crippen molar-refractivity contribution in [2.45, 2.75) is 43.8 Å². The van der Waals surface area contributed by atoms with E-state index in [9.17, 15) is 4.21 Å². The van der Waals surface area contributed by atoms with Crippen LogP contribution in [0.25, 0.3) is 0 Å². The molecule has 102 valence electrons. The second-order valence-corrected chi connectivity index (χ2v) is 12.9. The summed E-state index contributed by atoms with van der Waals surface area (Å²) in [5.41, 5.74) is 0. The van der Waals surface area contributed by atoms with Crippen LogP contribution < -0.4 is 0 Å². The average Bonchev–Trinajstić information content (AvgIpc) is 2.37. The molecule has 0 N–H and O–H groups in total. The first-order chi connectivity index (χ1) is 8.39. The minimum absolute atomic E-state index is 0.845. The molecule has 1 rings (SSSR count). The molecule has 1 unspecified atom stereocenters. The van der Waals surface area contributed by atoms with Gasteiger partial charge in [-0.05, 0) is 42.4 Å². The van der Waals surface area contributed by atoms with Gasteiger partial charge in [0.25, 0.3) is 0 Å². The molecule has 0 aromatic heterocycles. The Labute approximate surface area is 121 Å². The maximum Gasteiger partial charge on any atom is 0.193 e. The molecule has 1 atom stereocenters. The van der Waals surface area contributed by atoms with Gasteiger partial charge in [0.05, 0.1) is 9.73 Å². The Morgan fingerprint density at radius 3 is 1.94 bits per heavy atom. The maximum atomic E-state index is 12.8. The van der Waals surface area contributed by atoms with E-state index in [2.05, 4.69) is 36.7 Å². The molecule has 0 amide bonds. The van der Waals surface area contributed by atoms with Crippen LogP contribution in [0.2, 0.25) is 18.1 Å². The van der Waals surface area contributed by atoms with Crippen molar-refractivity contribution in [1.29, 1.82) is 0 Å². The van der Waals surface area contributed by atoms with E-state index in [1.807, 2.05) is 24.3 Å². The third kappa shape index (κ3) is 3.68. The SMILES string of the molecule is CC[Si](CC)(CC)N=S(C)(=O)c1ccc(Br)cc1. The van der Waals surface area contributed by atoms with E-state index in [-0.39, 0.29) is 0 Å². The van der Waals surface area contributed by atoms with Crippen LogP contribution in [0, 0.1) is 0 Å². The van der Waals surface area contributed by atoms with Crippen molar-refractivity contribution in [1.82, 2.24) is 0 Å². The van der Waals surface area contributed by atoms with Gasteiger partial charge in [0.2, 0.25) is 0 Å². The first kappa shape index (κ1) is 15.9. The lowest BCUT2D eigenvalue weighted by molar-refractivity contribution is 0.681. The van der Waals surface area contributed by atoms with Gasteiger partial charge in [-0.25, -0.2) is 4.21 Å². The zero-order valence-corrected chi connectivity index (χ0v) is 15.0. The Hall–Kier alpha value is -0.133. The molecule has 0 heterocycles. The van der Waals surface area contributed by atoms with Gasteiger partial charge in [0.1, 0.15) is 0 Å². The average molecular weight is 348 g/mol. The quantitative estimate of drug-likeness (QED) is 0.695. The van der Waals surface area contributed by atoms with Gasteiger partial charge < -0.3 is 0 Å². The topological polar surface area (TPSA) is 29.4 Å². The van der Waals surface area contributed by atoms with E-state index in [0.29, 0.717) is 0 Å². The summed E-state index contributed by atoms with van der Waals surface area (Å²) in [4.78, 5) is 0.845. The van der Waals surface area contributed by atoms with Gasteiger partial charge >= 0.3 is 0 Å². The van der Waals surface area contributed by atoms with E-state index >= 15 is 0 Å². The van der Waals surface area contributed by atoms with Crippen molar-refractivity contribution < 1.29 is 4.21 Å². The zero-order chi connectivity index (χ0) is 13.8. The monoisotopic (exact) mass is 347 g/mol. The van der Waals surface area contributed by atoms with Gasteiger partial charge in [-0.1, -0.05) is 36.7 Å². The molecular formula is C13H22BrNOSSi. The highest BCUT2D eigenvalue weighted by Gasteiger charge is 2.28. The molecule has 1 aromatic carbocycles. The summed E-state index contributed by atoms with van der Waals surface area (Å²) in [6.45, 7) is 6.54. The fourth-order valence-corrected chi connectivity index (χ4v) is 9.39. The Kier molecular flexibility index (Phi) is 5.61. The van der Waals surface area contributed by atoms with Crippen LogP contribution in [0.5, 0.6) is 0 Å². The standard InChI is InChI=1S/C13H22BrNOSSi/c1-5-18(6-2,7-3)15-17(4,16)13-10-8-12(14)9-11-13/h8-11H,5-7H2,1-4H3. The van der Waals surface area contributed by atoms with Crippen molar-refractivity contribution in [3.05, 3.63) is 28.7 Å². The first-order valence-corrected chi connectivity index (χ1v) is 11.7. The van der Waals surface area contributed by atoms with E-state index in [1.165, 1.54) is 0 Å². The fourth-order valence-electron chi connectivity index (χ4n) is 2.05. The molecule has 0 aliphatic heterocycles. The number of rotatable bonds is 5. The van der Waals surface area contributed by atoms with Gasteiger partial charge in [0.15, 0.2) is 8.24 Å². The van der Waals surface area contributed by atoms with E-state index in [4.69, 9.17) is 4.03 Å². The predicted molar refractivity (Wildman–Crippen MR) is 86.1 cm³/mol. The largest absolute Gasteiger partial charge is 0.274 e. The Morgan fingerprint density at radius 2 is 1.56 bits per heavy atom. The number of hydrogen-bond acceptors (Lipinski definition) is 2. The molecule has 1 aromatic rings. The lowest BCUT2D eigenvalue weighted by Crippen LogP contribution is -2.30. The molecule has 0 aliphatic carbocycles. The summed E-state index contributed by atoms with van der Waals surface area (Å²) in [6.07, 6.45) is 1.78. The number of benzene rings is 1. The molecule has 18 heavy (non-hydrogen) atoms. The van der Waals surface area contributed by atoms with Crippen LogP contribution in [-0.4, -0.2) is 18.7 Å². The molecule has 0 fully saturated rings. The van der Waals surface area contributed by atoms with Crippen molar-refractivity contribution in [3.63, 3.8) is 0 Å². The summed E-state index contributed by atoms with van der Waals surface area (Å²) >= 11 is 3.40. The smallest absolute Gasteiger partial charge is 0.193 e. The minimum Gasteiger partial charge on any atom is -0.274 e. The molecule has 0 bridgehead atoms. The number of hydrogen-bond donors (Lipinski definition) is 0. The van der Waals surface area contributed by atoms with Gasteiger partial charge in [-0.15, -0.1) is 0 Å². The van der Waals surface area contributed by atoms with Crippen molar-refractivity contribution in [2.75, 3.05) is 6.26 Å². The Morgan fingerprint density at radius 1 is 1.11 bits per heavy atom. The van der Waals surface area contributed by atoms with Gasteiger partial charge in [0, 0.05) is 15.6 Å². The molecule has 5 heteroatoms. The molecule has 0 spiro atoms. The van der Waals surface area contributed by atoms with Crippen molar-refractivity contribution in [2.24, 2.45) is 4.03 Å². The third-order valence-corrected chi connectivity index (χ3v) is 12.2. The minimum atomic E-state index is -2.26. The van der Waals surface area contributed by atoms with Gasteiger partial charge in [-0.2, -0.15) is 0 Å². The highest BCUT2D eigenvalue weighted by atomic mass is 79.9. The summed E-state index contributed by atoms with van der Waals surface area (Å²) in [6, 6.07) is 10.9. The lowest BCUT2D eigenvalue weighted by atomic mass is 10.4. The molecular weight excluding hydrogens is 326 g/mol. The fraction of sp³-hybridized carbons (Fsp3) is 0.538. The van der Waals surface area contributed by atoms with Crippen LogP contribution in [-0.2, 0) is 9.73 Å². The second kappa shape index (κ2) is 6.35. The van der Waals surface area contributed by atoms with Crippen LogP contribution in [0.1, 0.15) is 20.8 Å². The maximum absolute atomic E-state index is 12.8. The van der Waals surface area contributed by atoms with E-state index in [0.717, 1.165) is 27.5 Å². The first-order valence-electron chi connectivity index (χ1n) is 6.38. The Bertz CT molecular complexity index is 494. The summed E-state index contributed by atoms with van der Waals surface area (Å²) in [5, 5.41) is 0. The predicted octanol–water partition coefficient (Wildman–Crippen LogP) is 4.91. The van der Waals surface area contributed by atoms with E-state index < -0.39 is 18.0 Å². The van der Waals surface area contributed by atoms with Crippen LogP contribution in [0.15, 0.2) is 37.7 Å². The summed E-state index contributed by atoms with van der Waals surface area (Å²) in [7, 11) is -3.97. The van der Waals surface area contributed by atoms with E-state index in [1.54, 1.807) is 6.26 Å². The zero-order valence-electron chi connectivity index (χ0n) is 11.6. The highest BCUT2D eigenvalue weighted by molar-refractivity contribution is 9.10. The van der Waals surface area contributed by atoms with Crippen LogP contribution in [0.4, 0.5) is 0 Å². The van der Waals surface area contributed by atoms with Crippen molar-refractivity contribution >= 4 is 33.9 Å². The summed E-state index contributed by atoms with van der Waals surface area (Å²) < 4.78 is 18.7. The second-order valence-electron chi connectivity index (χ2n) is 4.63. The molecule has 0 saturated heterocycles. The highest BCUT2D eigenvalue weighted by Crippen LogP contribution is 2.26.